The molecular formula is C11H11FN2O2. The molecule has 0 N–H and O–H groups in total. The molecule has 1 aliphatic heterocycles. The minimum atomic E-state index is -0.495. The van der Waals surface area contributed by atoms with Gasteiger partial charge in [-0.05, 0) is 11.6 Å². The average Bonchev–Trinajstić information content (AvgIpc) is 2.68. The Hall–Kier alpha value is -1.91. The first-order valence-corrected chi connectivity index (χ1v) is 4.84. The largest absolute Gasteiger partial charge is 0.456 e. The maximum absolute atomic E-state index is 12.6. The van der Waals surface area contributed by atoms with E-state index in [0.29, 0.717) is 13.2 Å². The molecule has 0 saturated heterocycles. The van der Waals surface area contributed by atoms with Gasteiger partial charge < -0.3 is 9.64 Å². The van der Waals surface area contributed by atoms with Crippen LogP contribution in [0.3, 0.4) is 0 Å². The van der Waals surface area contributed by atoms with Crippen LogP contribution >= 0.6 is 0 Å². The number of pyridine rings is 1. The zero-order valence-corrected chi connectivity index (χ0v) is 8.81. The lowest BCUT2D eigenvalue weighted by Gasteiger charge is -2.18. The van der Waals surface area contributed by atoms with Gasteiger partial charge in [-0.2, -0.15) is 4.39 Å². The molecule has 0 atom stereocenters. The van der Waals surface area contributed by atoms with E-state index in [2.05, 4.69) is 4.98 Å². The topological polar surface area (TPSA) is 42.4 Å². The average molecular weight is 222 g/mol. The third-order valence-corrected chi connectivity index (χ3v) is 2.35. The van der Waals surface area contributed by atoms with Crippen LogP contribution in [0.5, 0.6) is 0 Å². The Morgan fingerprint density at radius 1 is 1.56 bits per heavy atom. The highest BCUT2D eigenvalue weighted by Gasteiger charge is 2.16. The van der Waals surface area contributed by atoms with Crippen molar-refractivity contribution in [1.82, 2.24) is 9.88 Å². The van der Waals surface area contributed by atoms with Crippen molar-refractivity contribution in [2.24, 2.45) is 0 Å². The number of esters is 1. The van der Waals surface area contributed by atoms with E-state index in [0.717, 1.165) is 11.3 Å². The zero-order chi connectivity index (χ0) is 11.5. The lowest BCUT2D eigenvalue weighted by molar-refractivity contribution is -0.135. The van der Waals surface area contributed by atoms with E-state index in [-0.39, 0.29) is 5.97 Å². The first-order valence-electron chi connectivity index (χ1n) is 4.84. The number of hydrogen-bond donors (Lipinski definition) is 0. The molecule has 0 amide bonds. The molecule has 2 heterocycles. The smallest absolute Gasteiger partial charge is 0.333 e. The Kier molecular flexibility index (Phi) is 2.85. The van der Waals surface area contributed by atoms with E-state index in [9.17, 15) is 9.18 Å². The SMILES string of the molecule is CN(Cc1ccc(F)nc1)C1=CC(=O)OC1. The molecule has 4 nitrogen and oxygen atoms in total. The lowest BCUT2D eigenvalue weighted by atomic mass is 10.2. The molecule has 0 aromatic carbocycles. The zero-order valence-electron chi connectivity index (χ0n) is 8.81. The molecule has 1 aromatic heterocycles. The number of nitrogens with zero attached hydrogens (tertiary/aromatic N) is 2. The summed E-state index contributed by atoms with van der Waals surface area (Å²) in [5.74, 6) is -0.816. The summed E-state index contributed by atoms with van der Waals surface area (Å²) in [6.07, 6.45) is 2.93. The summed E-state index contributed by atoms with van der Waals surface area (Å²) < 4.78 is 17.4. The van der Waals surface area contributed by atoms with E-state index in [1.54, 1.807) is 6.07 Å². The van der Waals surface area contributed by atoms with Gasteiger partial charge in [0.05, 0.1) is 5.70 Å². The number of carbonyl (C=O) groups excluding carboxylic acids is 1. The normalized spacial score (nSPS) is 14.6. The molecule has 1 aliphatic rings. The minimum absolute atomic E-state index is 0.296. The Balaban J connectivity index is 2.02. The maximum Gasteiger partial charge on any atom is 0.333 e. The van der Waals surface area contributed by atoms with Gasteiger partial charge in [0, 0.05) is 25.9 Å². The van der Waals surface area contributed by atoms with Crippen LogP contribution in [-0.2, 0) is 16.1 Å². The predicted octanol–water partition coefficient (Wildman–Crippen LogP) is 1.09. The molecule has 0 aliphatic carbocycles. The summed E-state index contributed by atoms with van der Waals surface area (Å²) in [5.41, 5.74) is 1.69. The van der Waals surface area contributed by atoms with Crippen molar-refractivity contribution >= 4 is 5.97 Å². The number of hydrogen-bond acceptors (Lipinski definition) is 4. The fourth-order valence-electron chi connectivity index (χ4n) is 1.46. The number of aromatic nitrogens is 1. The van der Waals surface area contributed by atoms with E-state index in [1.165, 1.54) is 18.3 Å². The standard InChI is InChI=1S/C11H11FN2O2/c1-14(9-4-11(15)16-7-9)6-8-2-3-10(12)13-5-8/h2-5H,6-7H2,1H3. The molecular weight excluding hydrogens is 211 g/mol. The third-order valence-electron chi connectivity index (χ3n) is 2.35. The van der Waals surface area contributed by atoms with E-state index < -0.39 is 5.95 Å². The molecule has 0 unspecified atom stereocenters. The van der Waals surface area contributed by atoms with Gasteiger partial charge in [0.25, 0.3) is 0 Å². The van der Waals surface area contributed by atoms with Crippen LogP contribution < -0.4 is 0 Å². The molecule has 0 spiro atoms. The monoisotopic (exact) mass is 222 g/mol. The Morgan fingerprint density at radius 2 is 2.38 bits per heavy atom. The van der Waals surface area contributed by atoms with Crippen molar-refractivity contribution in [1.29, 1.82) is 0 Å². The van der Waals surface area contributed by atoms with Gasteiger partial charge in [0.1, 0.15) is 6.61 Å². The van der Waals surface area contributed by atoms with Crippen LogP contribution in [0, 0.1) is 5.95 Å². The number of carbonyl (C=O) groups is 1. The molecule has 84 valence electrons. The van der Waals surface area contributed by atoms with Crippen molar-refractivity contribution in [3.05, 3.63) is 41.6 Å². The van der Waals surface area contributed by atoms with Crippen molar-refractivity contribution in [2.75, 3.05) is 13.7 Å². The number of cyclic esters (lactones) is 1. The Bertz CT molecular complexity index is 428. The summed E-state index contributed by atoms with van der Waals surface area (Å²) in [5, 5.41) is 0. The van der Waals surface area contributed by atoms with E-state index in [1.807, 2.05) is 11.9 Å². The van der Waals surface area contributed by atoms with E-state index in [4.69, 9.17) is 4.74 Å². The van der Waals surface area contributed by atoms with Gasteiger partial charge in [0.2, 0.25) is 5.95 Å². The highest BCUT2D eigenvalue weighted by Crippen LogP contribution is 2.13. The summed E-state index contributed by atoms with van der Waals surface area (Å²) in [4.78, 5) is 16.3. The van der Waals surface area contributed by atoms with Crippen LogP contribution in [0.1, 0.15) is 5.56 Å². The number of ether oxygens (including phenoxy) is 1. The Labute approximate surface area is 92.3 Å². The van der Waals surface area contributed by atoms with Gasteiger partial charge in [-0.25, -0.2) is 9.78 Å². The second kappa shape index (κ2) is 4.30. The molecule has 0 fully saturated rings. The highest BCUT2D eigenvalue weighted by atomic mass is 19.1. The molecule has 2 rings (SSSR count). The van der Waals surface area contributed by atoms with Crippen LogP contribution in [-0.4, -0.2) is 29.5 Å². The van der Waals surface area contributed by atoms with Crippen LogP contribution in [0.2, 0.25) is 0 Å². The fourth-order valence-corrected chi connectivity index (χ4v) is 1.46. The summed E-state index contributed by atoms with van der Waals surface area (Å²) in [7, 11) is 1.84. The first-order chi connectivity index (χ1) is 7.65. The highest BCUT2D eigenvalue weighted by molar-refractivity contribution is 5.85. The summed E-state index contributed by atoms with van der Waals surface area (Å²) >= 11 is 0. The van der Waals surface area contributed by atoms with Gasteiger partial charge >= 0.3 is 5.97 Å². The lowest BCUT2D eigenvalue weighted by Crippen LogP contribution is -2.18. The van der Waals surface area contributed by atoms with Crippen LogP contribution in [0.4, 0.5) is 4.39 Å². The third kappa shape index (κ3) is 2.36. The second-order valence-corrected chi connectivity index (χ2v) is 3.59. The Morgan fingerprint density at radius 3 is 2.94 bits per heavy atom. The van der Waals surface area contributed by atoms with Gasteiger partial charge in [0.15, 0.2) is 0 Å². The molecule has 0 radical (unpaired) electrons. The molecule has 0 saturated carbocycles. The predicted molar refractivity (Wildman–Crippen MR) is 54.7 cm³/mol. The number of likely N-dealkylation sites (N-methyl/N-ethyl adjacent to an activating group) is 1. The quantitative estimate of drug-likeness (QED) is 0.567. The van der Waals surface area contributed by atoms with Gasteiger partial charge in [-0.3, -0.25) is 0 Å². The fraction of sp³-hybridized carbons (Fsp3) is 0.273. The van der Waals surface area contributed by atoms with Gasteiger partial charge in [-0.15, -0.1) is 0 Å². The molecule has 5 heteroatoms. The summed E-state index contributed by atoms with van der Waals surface area (Å²) in [6, 6.07) is 2.98. The molecule has 16 heavy (non-hydrogen) atoms. The van der Waals surface area contributed by atoms with Crippen molar-refractivity contribution in [3.8, 4) is 0 Å². The van der Waals surface area contributed by atoms with Crippen LogP contribution in [0.15, 0.2) is 30.1 Å². The van der Waals surface area contributed by atoms with E-state index >= 15 is 0 Å². The molecule has 0 bridgehead atoms. The maximum atomic E-state index is 12.6. The van der Waals surface area contributed by atoms with Gasteiger partial charge in [-0.1, -0.05) is 6.07 Å². The first kappa shape index (κ1) is 10.6. The van der Waals surface area contributed by atoms with Crippen molar-refractivity contribution in [2.45, 2.75) is 6.54 Å². The van der Waals surface area contributed by atoms with Crippen LogP contribution in [0.25, 0.3) is 0 Å². The molecule has 1 aromatic rings. The van der Waals surface area contributed by atoms with Crippen molar-refractivity contribution < 1.29 is 13.9 Å². The number of halogens is 1. The number of rotatable bonds is 3. The minimum Gasteiger partial charge on any atom is -0.456 e. The van der Waals surface area contributed by atoms with Crippen molar-refractivity contribution in [3.63, 3.8) is 0 Å². The summed E-state index contributed by atoms with van der Waals surface area (Å²) in [6.45, 7) is 0.861. The second-order valence-electron chi connectivity index (χ2n) is 3.59.